The van der Waals surface area contributed by atoms with Gasteiger partial charge in [0.1, 0.15) is 5.82 Å². The smallest absolute Gasteiger partial charge is 0.226 e. The predicted octanol–water partition coefficient (Wildman–Crippen LogP) is 5.32. The van der Waals surface area contributed by atoms with E-state index < -0.39 is 0 Å². The average Bonchev–Trinajstić information content (AvgIpc) is 3.44. The van der Waals surface area contributed by atoms with Gasteiger partial charge in [-0.2, -0.15) is 0 Å². The molecule has 2 atom stereocenters. The van der Waals surface area contributed by atoms with Crippen LogP contribution in [0.5, 0.6) is 0 Å². The molecule has 0 spiro atoms. The van der Waals surface area contributed by atoms with Gasteiger partial charge in [-0.15, -0.1) is 0 Å². The molecular formula is C28H26FN5OS. The Balaban J connectivity index is 1.45. The minimum Gasteiger partial charge on any atom is -0.352 e. The number of benzene rings is 2. The molecule has 0 saturated carbocycles. The maximum absolute atomic E-state index is 13.2. The summed E-state index contributed by atoms with van der Waals surface area (Å²) in [5, 5.41) is 6.85. The van der Waals surface area contributed by atoms with Crippen molar-refractivity contribution in [2.75, 3.05) is 11.9 Å². The van der Waals surface area contributed by atoms with Gasteiger partial charge < -0.3 is 20.1 Å². The summed E-state index contributed by atoms with van der Waals surface area (Å²) < 4.78 is 15.4. The second-order valence-electron chi connectivity index (χ2n) is 8.70. The summed E-state index contributed by atoms with van der Waals surface area (Å²) in [6.07, 6.45) is 1.99. The zero-order valence-corrected chi connectivity index (χ0v) is 20.6. The number of aryl methyl sites for hydroxylation is 1. The van der Waals surface area contributed by atoms with E-state index in [1.165, 1.54) is 12.1 Å². The molecule has 1 amide bonds. The number of rotatable bonds is 7. The van der Waals surface area contributed by atoms with Crippen LogP contribution in [0.2, 0.25) is 0 Å². The zero-order valence-electron chi connectivity index (χ0n) is 19.8. The highest BCUT2D eigenvalue weighted by atomic mass is 32.1. The number of nitrogens with zero attached hydrogens (tertiary/aromatic N) is 3. The number of carbonyl (C=O) groups excluding carboxylic acids is 1. The summed E-state index contributed by atoms with van der Waals surface area (Å²) in [5.74, 6) is -0.513. The van der Waals surface area contributed by atoms with E-state index in [4.69, 9.17) is 12.2 Å². The van der Waals surface area contributed by atoms with Crippen LogP contribution in [0.25, 0.3) is 5.69 Å². The summed E-state index contributed by atoms with van der Waals surface area (Å²) >= 11 is 5.76. The first-order valence-electron chi connectivity index (χ1n) is 11.8. The van der Waals surface area contributed by atoms with Gasteiger partial charge in [0.15, 0.2) is 5.11 Å². The van der Waals surface area contributed by atoms with Crippen molar-refractivity contribution < 1.29 is 9.18 Å². The maximum atomic E-state index is 13.2. The van der Waals surface area contributed by atoms with Gasteiger partial charge in [-0.1, -0.05) is 24.3 Å². The Kier molecular flexibility index (Phi) is 6.77. The molecule has 182 valence electrons. The number of aromatic nitrogens is 2. The number of amides is 1. The molecule has 0 aliphatic carbocycles. The van der Waals surface area contributed by atoms with Crippen molar-refractivity contribution in [1.82, 2.24) is 19.8 Å². The molecule has 4 aromatic rings. The molecule has 0 unspecified atom stereocenters. The third-order valence-electron chi connectivity index (χ3n) is 6.33. The van der Waals surface area contributed by atoms with Gasteiger partial charge in [0.2, 0.25) is 5.91 Å². The highest BCUT2D eigenvalue weighted by Gasteiger charge is 2.41. The molecule has 3 heterocycles. The number of hydrogen-bond donors (Lipinski definition) is 2. The molecule has 36 heavy (non-hydrogen) atoms. The monoisotopic (exact) mass is 499 g/mol. The van der Waals surface area contributed by atoms with E-state index in [-0.39, 0.29) is 30.2 Å². The van der Waals surface area contributed by atoms with E-state index in [2.05, 4.69) is 56.3 Å². The summed E-state index contributed by atoms with van der Waals surface area (Å²) in [6, 6.07) is 25.6. The maximum Gasteiger partial charge on any atom is 0.226 e. The molecule has 1 saturated heterocycles. The van der Waals surface area contributed by atoms with Crippen molar-refractivity contribution >= 4 is 28.9 Å². The molecular weight excluding hydrogens is 473 g/mol. The first-order chi connectivity index (χ1) is 17.5. The second kappa shape index (κ2) is 10.3. The molecule has 2 N–H and O–H groups in total. The van der Waals surface area contributed by atoms with Crippen molar-refractivity contribution in [3.63, 3.8) is 0 Å². The lowest BCUT2D eigenvalue weighted by Crippen LogP contribution is -2.33. The van der Waals surface area contributed by atoms with Gasteiger partial charge in [0.25, 0.3) is 0 Å². The molecule has 1 aliphatic heterocycles. The van der Waals surface area contributed by atoms with E-state index in [9.17, 15) is 9.18 Å². The Morgan fingerprint density at radius 3 is 2.50 bits per heavy atom. The van der Waals surface area contributed by atoms with Crippen LogP contribution in [-0.2, 0) is 4.79 Å². The van der Waals surface area contributed by atoms with Crippen LogP contribution in [0.3, 0.4) is 0 Å². The Labute approximate surface area is 214 Å². The number of para-hydroxylation sites is 1. The number of nitrogens with one attached hydrogen (secondary N) is 2. The lowest BCUT2D eigenvalue weighted by Gasteiger charge is -2.29. The predicted molar refractivity (Wildman–Crippen MR) is 142 cm³/mol. The third kappa shape index (κ3) is 4.85. The van der Waals surface area contributed by atoms with Crippen LogP contribution >= 0.6 is 12.2 Å². The van der Waals surface area contributed by atoms with Crippen LogP contribution in [0, 0.1) is 12.7 Å². The molecule has 1 fully saturated rings. The Bertz CT molecular complexity index is 1360. The fourth-order valence-electron chi connectivity index (χ4n) is 4.67. The van der Waals surface area contributed by atoms with Crippen LogP contribution in [0.15, 0.2) is 91.1 Å². The van der Waals surface area contributed by atoms with Crippen molar-refractivity contribution in [3.05, 3.63) is 114 Å². The van der Waals surface area contributed by atoms with Crippen LogP contribution < -0.4 is 10.6 Å². The normalized spacial score (nSPS) is 17.2. The first-order valence-corrected chi connectivity index (χ1v) is 12.2. The van der Waals surface area contributed by atoms with Gasteiger partial charge >= 0.3 is 0 Å². The van der Waals surface area contributed by atoms with Crippen molar-refractivity contribution in [3.8, 4) is 5.69 Å². The Morgan fingerprint density at radius 1 is 1.03 bits per heavy atom. The van der Waals surface area contributed by atoms with Crippen LogP contribution in [0.1, 0.15) is 35.6 Å². The largest absolute Gasteiger partial charge is 0.352 e. The number of hydrogen-bond acceptors (Lipinski definition) is 3. The summed E-state index contributed by atoms with van der Waals surface area (Å²) in [6.45, 7) is 2.49. The third-order valence-corrected chi connectivity index (χ3v) is 6.68. The minimum atomic E-state index is -0.346. The number of carbonyl (C=O) groups is 1. The zero-order chi connectivity index (χ0) is 25.1. The van der Waals surface area contributed by atoms with Crippen LogP contribution in [-0.4, -0.2) is 32.0 Å². The molecule has 0 bridgehead atoms. The Morgan fingerprint density at radius 2 is 1.78 bits per heavy atom. The van der Waals surface area contributed by atoms with E-state index >= 15 is 0 Å². The van der Waals surface area contributed by atoms with Crippen molar-refractivity contribution in [2.24, 2.45) is 0 Å². The average molecular weight is 500 g/mol. The number of halogens is 1. The van der Waals surface area contributed by atoms with Crippen LogP contribution in [0.4, 0.5) is 10.1 Å². The molecule has 5 rings (SSSR count). The lowest BCUT2D eigenvalue weighted by atomic mass is 10.0. The molecule has 2 aromatic heterocycles. The van der Waals surface area contributed by atoms with E-state index in [0.29, 0.717) is 17.3 Å². The fourth-order valence-corrected chi connectivity index (χ4v) is 5.00. The Hall–Kier alpha value is -4.04. The molecule has 6 nitrogen and oxygen atoms in total. The van der Waals surface area contributed by atoms with Crippen molar-refractivity contribution in [2.45, 2.75) is 25.4 Å². The van der Waals surface area contributed by atoms with Gasteiger partial charge in [-0.3, -0.25) is 9.78 Å². The quantitative estimate of drug-likeness (QED) is 0.337. The van der Waals surface area contributed by atoms with E-state index in [0.717, 1.165) is 22.8 Å². The summed E-state index contributed by atoms with van der Waals surface area (Å²) in [5.41, 5.74) is 4.65. The lowest BCUT2D eigenvalue weighted by molar-refractivity contribution is -0.116. The topological polar surface area (TPSA) is 62.2 Å². The number of thiocarbonyl (C=S) groups is 1. The summed E-state index contributed by atoms with van der Waals surface area (Å²) in [7, 11) is 0. The molecule has 8 heteroatoms. The molecule has 0 radical (unpaired) electrons. The fraction of sp³-hybridized carbons (Fsp3) is 0.179. The van der Waals surface area contributed by atoms with Gasteiger partial charge in [-0.05, 0) is 79.8 Å². The highest BCUT2D eigenvalue weighted by molar-refractivity contribution is 7.80. The van der Waals surface area contributed by atoms with E-state index in [1.807, 2.05) is 36.4 Å². The number of pyridine rings is 1. The highest BCUT2D eigenvalue weighted by Crippen LogP contribution is 2.40. The van der Waals surface area contributed by atoms with Gasteiger partial charge in [-0.25, -0.2) is 4.39 Å². The minimum absolute atomic E-state index is 0.168. The van der Waals surface area contributed by atoms with Crippen molar-refractivity contribution in [1.29, 1.82) is 0 Å². The molecule has 1 aliphatic rings. The van der Waals surface area contributed by atoms with Gasteiger partial charge in [0.05, 0.1) is 17.8 Å². The summed E-state index contributed by atoms with van der Waals surface area (Å²) in [4.78, 5) is 19.4. The second-order valence-corrected chi connectivity index (χ2v) is 9.08. The first kappa shape index (κ1) is 23.7. The number of anilines is 1. The SMILES string of the molecule is Cc1ccc([C@@H]2[C@H](c3ccccn3)NC(=S)N2CCC(=O)Nc2ccc(F)cc2)n1-c1ccccc1. The van der Waals surface area contributed by atoms with E-state index in [1.54, 1.807) is 18.3 Å². The molecule has 2 aromatic carbocycles. The standard InChI is InChI=1S/C28H26FN5OS/c1-19-10-15-24(34(19)22-7-3-2-4-8-22)27-26(23-9-5-6-17-30-23)32-28(36)33(27)18-16-25(35)31-21-13-11-20(29)12-14-21/h2-15,17,26-27H,16,18H2,1H3,(H,31,35)(H,32,36)/t26-,27+/m0/s1. The van der Waals surface area contributed by atoms with Gasteiger partial charge in [0, 0.05) is 41.9 Å².